The Labute approximate surface area is 76.9 Å². The standard InChI is InChI=1S/C5H10O6S2/c1-4(12(2,7)8)5(6)11-13(3,9)10/h4H,1-3H3. The molecule has 0 aromatic heterocycles. The summed E-state index contributed by atoms with van der Waals surface area (Å²) in [6, 6.07) is 0. The van der Waals surface area contributed by atoms with Crippen LogP contribution in [0, 0.1) is 0 Å². The fraction of sp³-hybridized carbons (Fsp3) is 0.800. The molecule has 0 rings (SSSR count). The summed E-state index contributed by atoms with van der Waals surface area (Å²) in [7, 11) is -7.56. The van der Waals surface area contributed by atoms with Crippen molar-refractivity contribution in [2.24, 2.45) is 0 Å². The van der Waals surface area contributed by atoms with Gasteiger partial charge in [0.25, 0.3) is 0 Å². The van der Waals surface area contributed by atoms with E-state index in [9.17, 15) is 21.6 Å². The van der Waals surface area contributed by atoms with E-state index in [1.807, 2.05) is 0 Å². The van der Waals surface area contributed by atoms with Crippen LogP contribution < -0.4 is 0 Å². The van der Waals surface area contributed by atoms with Gasteiger partial charge < -0.3 is 4.18 Å². The van der Waals surface area contributed by atoms with Crippen molar-refractivity contribution in [3.63, 3.8) is 0 Å². The van der Waals surface area contributed by atoms with E-state index < -0.39 is 31.2 Å². The van der Waals surface area contributed by atoms with Gasteiger partial charge in [-0.3, -0.25) is 0 Å². The van der Waals surface area contributed by atoms with Gasteiger partial charge in [-0.05, 0) is 6.92 Å². The van der Waals surface area contributed by atoms with Gasteiger partial charge in [0.05, 0.1) is 6.26 Å². The second-order valence-corrected chi connectivity index (χ2v) is 6.52. The molecule has 0 aliphatic rings. The van der Waals surface area contributed by atoms with Gasteiger partial charge in [0.15, 0.2) is 15.1 Å². The molecule has 0 aliphatic carbocycles. The lowest BCUT2D eigenvalue weighted by Gasteiger charge is -2.06. The first-order valence-electron chi connectivity index (χ1n) is 3.16. The third-order valence-electron chi connectivity index (χ3n) is 1.21. The maximum absolute atomic E-state index is 10.8. The molecule has 0 saturated carbocycles. The number of carbonyl (C=O) groups is 1. The summed E-state index contributed by atoms with van der Waals surface area (Å²) in [5, 5.41) is -1.47. The first-order chi connectivity index (χ1) is 5.54. The van der Waals surface area contributed by atoms with Crippen molar-refractivity contribution in [1.29, 1.82) is 0 Å². The van der Waals surface area contributed by atoms with Crippen molar-refractivity contribution >= 4 is 25.9 Å². The lowest BCUT2D eigenvalue weighted by Crippen LogP contribution is -2.29. The van der Waals surface area contributed by atoms with Crippen molar-refractivity contribution in [1.82, 2.24) is 0 Å². The summed E-state index contributed by atoms with van der Waals surface area (Å²) < 4.78 is 46.3. The molecule has 0 heterocycles. The average Bonchev–Trinajstić information content (AvgIpc) is 1.79. The lowest BCUT2D eigenvalue weighted by molar-refractivity contribution is -0.132. The van der Waals surface area contributed by atoms with Crippen LogP contribution in [0.25, 0.3) is 0 Å². The van der Waals surface area contributed by atoms with E-state index >= 15 is 0 Å². The quantitative estimate of drug-likeness (QED) is 0.572. The van der Waals surface area contributed by atoms with Crippen LogP contribution in [-0.4, -0.2) is 40.6 Å². The van der Waals surface area contributed by atoms with Gasteiger partial charge in [-0.1, -0.05) is 0 Å². The highest BCUT2D eigenvalue weighted by Crippen LogP contribution is 2.02. The number of sulfone groups is 1. The van der Waals surface area contributed by atoms with Crippen LogP contribution in [0.4, 0.5) is 0 Å². The summed E-state index contributed by atoms with van der Waals surface area (Å²) in [6.45, 7) is 1.06. The van der Waals surface area contributed by atoms with E-state index in [0.29, 0.717) is 6.26 Å². The first-order valence-corrected chi connectivity index (χ1v) is 6.93. The molecule has 1 unspecified atom stereocenters. The first kappa shape index (κ1) is 12.4. The molecular formula is C5H10O6S2. The van der Waals surface area contributed by atoms with E-state index in [1.54, 1.807) is 0 Å². The van der Waals surface area contributed by atoms with Crippen molar-refractivity contribution < 1.29 is 25.8 Å². The topological polar surface area (TPSA) is 94.6 Å². The molecule has 6 nitrogen and oxygen atoms in total. The van der Waals surface area contributed by atoms with Gasteiger partial charge in [-0.2, -0.15) is 8.42 Å². The Hall–Kier alpha value is -0.630. The number of hydrogen-bond donors (Lipinski definition) is 0. The summed E-state index contributed by atoms with van der Waals surface area (Å²) in [5.41, 5.74) is 0. The molecule has 0 saturated heterocycles. The highest BCUT2D eigenvalue weighted by atomic mass is 32.2. The van der Waals surface area contributed by atoms with E-state index in [2.05, 4.69) is 4.18 Å². The second-order valence-electron chi connectivity index (χ2n) is 2.58. The minimum absolute atomic E-state index is 0.667. The third kappa shape index (κ3) is 4.83. The summed E-state index contributed by atoms with van der Waals surface area (Å²) >= 11 is 0. The highest BCUT2D eigenvalue weighted by Gasteiger charge is 2.27. The van der Waals surface area contributed by atoms with Gasteiger partial charge in [0.2, 0.25) is 0 Å². The van der Waals surface area contributed by atoms with Crippen LogP contribution in [0.3, 0.4) is 0 Å². The Morgan fingerprint density at radius 3 is 1.77 bits per heavy atom. The molecule has 0 bridgehead atoms. The Bertz CT molecular complexity index is 389. The Balaban J connectivity index is 4.67. The molecule has 0 radical (unpaired) electrons. The number of hydrogen-bond acceptors (Lipinski definition) is 6. The normalized spacial score (nSPS) is 15.0. The molecule has 0 fully saturated rings. The minimum Gasteiger partial charge on any atom is -0.344 e. The summed E-state index contributed by atoms with van der Waals surface area (Å²) in [4.78, 5) is 10.8. The van der Waals surface area contributed by atoms with Crippen LogP contribution in [0.2, 0.25) is 0 Å². The van der Waals surface area contributed by atoms with Gasteiger partial charge in [0.1, 0.15) is 0 Å². The molecular weight excluding hydrogens is 220 g/mol. The van der Waals surface area contributed by atoms with Gasteiger partial charge in [-0.25, -0.2) is 13.2 Å². The number of carbonyl (C=O) groups excluding carboxylic acids is 1. The highest BCUT2D eigenvalue weighted by molar-refractivity contribution is 7.92. The van der Waals surface area contributed by atoms with Crippen LogP contribution in [0.1, 0.15) is 6.92 Å². The summed E-state index contributed by atoms with van der Waals surface area (Å²) in [6.07, 6.45) is 1.49. The van der Waals surface area contributed by atoms with Crippen LogP contribution in [-0.2, 0) is 28.9 Å². The molecule has 0 amide bonds. The van der Waals surface area contributed by atoms with Crippen molar-refractivity contribution in [2.75, 3.05) is 12.5 Å². The summed E-state index contributed by atoms with van der Waals surface area (Å²) in [5.74, 6) is -1.29. The van der Waals surface area contributed by atoms with E-state index in [-0.39, 0.29) is 0 Å². The zero-order valence-corrected chi connectivity index (χ0v) is 8.98. The minimum atomic E-state index is -3.94. The molecule has 1 atom stereocenters. The number of rotatable bonds is 3. The molecule has 0 aromatic carbocycles. The zero-order valence-electron chi connectivity index (χ0n) is 7.34. The largest absolute Gasteiger partial charge is 0.344 e. The van der Waals surface area contributed by atoms with Gasteiger partial charge >= 0.3 is 16.1 Å². The molecule has 0 aromatic rings. The third-order valence-corrected chi connectivity index (χ3v) is 3.15. The van der Waals surface area contributed by atoms with E-state index in [1.165, 1.54) is 0 Å². The smallest absolute Gasteiger partial charge is 0.339 e. The maximum atomic E-state index is 10.8. The van der Waals surface area contributed by atoms with Crippen LogP contribution >= 0.6 is 0 Å². The Kier molecular flexibility index (Phi) is 3.45. The molecule has 0 aliphatic heterocycles. The average molecular weight is 230 g/mol. The molecule has 78 valence electrons. The SMILES string of the molecule is CC(C(=O)OS(C)(=O)=O)S(C)(=O)=O. The fourth-order valence-corrected chi connectivity index (χ4v) is 1.29. The van der Waals surface area contributed by atoms with Gasteiger partial charge in [-0.15, -0.1) is 0 Å². The molecule has 0 spiro atoms. The molecule has 0 N–H and O–H groups in total. The van der Waals surface area contributed by atoms with Crippen molar-refractivity contribution in [3.05, 3.63) is 0 Å². The van der Waals surface area contributed by atoms with Crippen LogP contribution in [0.15, 0.2) is 0 Å². The monoisotopic (exact) mass is 230 g/mol. The van der Waals surface area contributed by atoms with Crippen molar-refractivity contribution in [2.45, 2.75) is 12.2 Å². The molecule has 8 heteroatoms. The van der Waals surface area contributed by atoms with Crippen molar-refractivity contribution in [3.8, 4) is 0 Å². The predicted octanol–water partition coefficient (Wildman–Crippen LogP) is -1.08. The maximum Gasteiger partial charge on any atom is 0.339 e. The lowest BCUT2D eigenvalue weighted by atomic mass is 10.5. The van der Waals surface area contributed by atoms with Gasteiger partial charge in [0, 0.05) is 6.26 Å². The fourth-order valence-electron chi connectivity index (χ4n) is 0.392. The Morgan fingerprint density at radius 2 is 1.54 bits per heavy atom. The second kappa shape index (κ2) is 3.62. The molecule has 13 heavy (non-hydrogen) atoms. The zero-order chi connectivity index (χ0) is 10.9. The van der Waals surface area contributed by atoms with Crippen LogP contribution in [0.5, 0.6) is 0 Å². The van der Waals surface area contributed by atoms with E-state index in [0.717, 1.165) is 13.2 Å². The Morgan fingerprint density at radius 1 is 1.15 bits per heavy atom. The van der Waals surface area contributed by atoms with E-state index in [4.69, 9.17) is 0 Å². The predicted molar refractivity (Wildman–Crippen MR) is 45.2 cm³/mol.